The Morgan fingerprint density at radius 1 is 1.16 bits per heavy atom. The van der Waals surface area contributed by atoms with Gasteiger partial charge in [0.05, 0.1) is 12.3 Å². The lowest BCUT2D eigenvalue weighted by atomic mass is 10.2. The predicted molar refractivity (Wildman–Crippen MR) is 95.4 cm³/mol. The SMILES string of the molecule is C[C@@H](C(=O)Nc1ccccc1OCCc1ccccc1)n1cncn1. The van der Waals surface area contributed by atoms with Crippen LogP contribution in [0.4, 0.5) is 5.69 Å². The number of carbonyl (C=O) groups is 1. The fourth-order valence-electron chi connectivity index (χ4n) is 2.39. The fraction of sp³-hybridized carbons (Fsp3) is 0.211. The van der Waals surface area contributed by atoms with Gasteiger partial charge in [0.15, 0.2) is 0 Å². The molecular weight excluding hydrogens is 316 g/mol. The zero-order valence-electron chi connectivity index (χ0n) is 14.0. The van der Waals surface area contributed by atoms with Gasteiger partial charge in [-0.05, 0) is 24.6 Å². The fourth-order valence-corrected chi connectivity index (χ4v) is 2.39. The predicted octanol–water partition coefficient (Wildman–Crippen LogP) is 3.10. The van der Waals surface area contributed by atoms with Crippen LogP contribution in [0, 0.1) is 0 Å². The van der Waals surface area contributed by atoms with Crippen LogP contribution in [0.2, 0.25) is 0 Å². The van der Waals surface area contributed by atoms with E-state index in [1.807, 2.05) is 42.5 Å². The maximum atomic E-state index is 12.4. The van der Waals surface area contributed by atoms with Crippen LogP contribution in [0.1, 0.15) is 18.5 Å². The topological polar surface area (TPSA) is 69.0 Å². The first kappa shape index (κ1) is 16.7. The van der Waals surface area contributed by atoms with E-state index in [9.17, 15) is 4.79 Å². The van der Waals surface area contributed by atoms with E-state index in [0.29, 0.717) is 18.0 Å². The van der Waals surface area contributed by atoms with Gasteiger partial charge in [0.1, 0.15) is 24.4 Å². The molecule has 25 heavy (non-hydrogen) atoms. The second-order valence-corrected chi connectivity index (χ2v) is 5.62. The summed E-state index contributed by atoms with van der Waals surface area (Å²) in [6.45, 7) is 2.30. The monoisotopic (exact) mass is 336 g/mol. The van der Waals surface area contributed by atoms with Crippen molar-refractivity contribution in [2.75, 3.05) is 11.9 Å². The lowest BCUT2D eigenvalue weighted by molar-refractivity contribution is -0.119. The normalized spacial score (nSPS) is 11.7. The van der Waals surface area contributed by atoms with E-state index in [-0.39, 0.29) is 5.91 Å². The Kier molecular flexibility index (Phi) is 5.41. The van der Waals surface area contributed by atoms with Crippen molar-refractivity contribution in [3.8, 4) is 5.75 Å². The molecule has 1 aromatic heterocycles. The first-order chi connectivity index (χ1) is 12.2. The molecule has 0 fully saturated rings. The van der Waals surface area contributed by atoms with Crippen molar-refractivity contribution >= 4 is 11.6 Å². The van der Waals surface area contributed by atoms with Gasteiger partial charge in [0.2, 0.25) is 5.91 Å². The lowest BCUT2D eigenvalue weighted by Crippen LogP contribution is -2.24. The van der Waals surface area contributed by atoms with Crippen LogP contribution >= 0.6 is 0 Å². The van der Waals surface area contributed by atoms with Gasteiger partial charge in [-0.25, -0.2) is 9.67 Å². The van der Waals surface area contributed by atoms with Gasteiger partial charge < -0.3 is 10.1 Å². The van der Waals surface area contributed by atoms with Crippen LogP contribution in [0.3, 0.4) is 0 Å². The maximum Gasteiger partial charge on any atom is 0.249 e. The van der Waals surface area contributed by atoms with E-state index in [1.54, 1.807) is 6.92 Å². The Morgan fingerprint density at radius 2 is 1.92 bits per heavy atom. The van der Waals surface area contributed by atoms with E-state index in [4.69, 9.17) is 4.74 Å². The number of nitrogens with zero attached hydrogens (tertiary/aromatic N) is 3. The summed E-state index contributed by atoms with van der Waals surface area (Å²) in [5, 5.41) is 6.89. The number of hydrogen-bond acceptors (Lipinski definition) is 4. The highest BCUT2D eigenvalue weighted by Gasteiger charge is 2.17. The summed E-state index contributed by atoms with van der Waals surface area (Å²) in [5.41, 5.74) is 1.86. The number of para-hydroxylation sites is 2. The molecule has 0 aliphatic carbocycles. The smallest absolute Gasteiger partial charge is 0.249 e. The van der Waals surface area contributed by atoms with Crippen molar-refractivity contribution in [1.29, 1.82) is 0 Å². The van der Waals surface area contributed by atoms with Crippen LogP contribution in [0.25, 0.3) is 0 Å². The standard InChI is InChI=1S/C19H20N4O2/c1-15(23-14-20-13-21-23)19(24)22-17-9-5-6-10-18(17)25-12-11-16-7-3-2-4-8-16/h2-10,13-15H,11-12H2,1H3,(H,22,24)/t15-/m0/s1. The Morgan fingerprint density at radius 3 is 2.68 bits per heavy atom. The summed E-state index contributed by atoms with van der Waals surface area (Å²) in [6.07, 6.45) is 3.73. The van der Waals surface area contributed by atoms with Gasteiger partial charge in [-0.15, -0.1) is 0 Å². The first-order valence-electron chi connectivity index (χ1n) is 8.15. The van der Waals surface area contributed by atoms with E-state index in [0.717, 1.165) is 6.42 Å². The molecule has 1 atom stereocenters. The Hall–Kier alpha value is -3.15. The van der Waals surface area contributed by atoms with Crippen molar-refractivity contribution in [3.63, 3.8) is 0 Å². The zero-order chi connectivity index (χ0) is 17.5. The van der Waals surface area contributed by atoms with Crippen LogP contribution < -0.4 is 10.1 Å². The summed E-state index contributed by atoms with van der Waals surface area (Å²) in [4.78, 5) is 16.3. The molecular formula is C19H20N4O2. The third-order valence-corrected chi connectivity index (χ3v) is 3.85. The number of benzene rings is 2. The van der Waals surface area contributed by atoms with Crippen LogP contribution in [-0.4, -0.2) is 27.3 Å². The van der Waals surface area contributed by atoms with Crippen molar-refractivity contribution in [1.82, 2.24) is 14.8 Å². The molecule has 0 aliphatic heterocycles. The number of aromatic nitrogens is 3. The van der Waals surface area contributed by atoms with E-state index in [2.05, 4.69) is 27.5 Å². The van der Waals surface area contributed by atoms with Crippen LogP contribution in [0.15, 0.2) is 67.3 Å². The maximum absolute atomic E-state index is 12.4. The minimum Gasteiger partial charge on any atom is -0.491 e. The highest BCUT2D eigenvalue weighted by atomic mass is 16.5. The van der Waals surface area contributed by atoms with Crippen molar-refractivity contribution in [2.45, 2.75) is 19.4 Å². The number of anilines is 1. The van der Waals surface area contributed by atoms with Crippen LogP contribution in [0.5, 0.6) is 5.75 Å². The average Bonchev–Trinajstić information content (AvgIpc) is 3.18. The number of ether oxygens (including phenoxy) is 1. The Balaban J connectivity index is 1.61. The molecule has 0 aliphatic rings. The van der Waals surface area contributed by atoms with E-state index >= 15 is 0 Å². The third kappa shape index (κ3) is 4.44. The van der Waals surface area contributed by atoms with E-state index < -0.39 is 6.04 Å². The summed E-state index contributed by atoms with van der Waals surface area (Å²) in [6, 6.07) is 17.1. The van der Waals surface area contributed by atoms with Gasteiger partial charge >= 0.3 is 0 Å². The second-order valence-electron chi connectivity index (χ2n) is 5.62. The van der Waals surface area contributed by atoms with Gasteiger partial charge in [-0.1, -0.05) is 42.5 Å². The molecule has 1 amide bonds. The molecule has 6 heteroatoms. The quantitative estimate of drug-likeness (QED) is 0.720. The molecule has 0 saturated carbocycles. The summed E-state index contributed by atoms with van der Waals surface area (Å²) in [7, 11) is 0. The van der Waals surface area contributed by atoms with Gasteiger partial charge in [-0.2, -0.15) is 5.10 Å². The molecule has 6 nitrogen and oxygen atoms in total. The number of amides is 1. The number of carbonyl (C=O) groups excluding carboxylic acids is 1. The number of rotatable bonds is 7. The summed E-state index contributed by atoms with van der Waals surface area (Å²) < 4.78 is 7.37. The van der Waals surface area contributed by atoms with Crippen molar-refractivity contribution in [2.24, 2.45) is 0 Å². The van der Waals surface area contributed by atoms with Crippen LogP contribution in [-0.2, 0) is 11.2 Å². The molecule has 2 aromatic carbocycles. The summed E-state index contributed by atoms with van der Waals surface area (Å²) in [5.74, 6) is 0.474. The number of nitrogens with one attached hydrogen (secondary N) is 1. The lowest BCUT2D eigenvalue weighted by Gasteiger charge is -2.15. The largest absolute Gasteiger partial charge is 0.491 e. The molecule has 0 saturated heterocycles. The Bertz CT molecular complexity index is 803. The van der Waals surface area contributed by atoms with Crippen molar-refractivity contribution < 1.29 is 9.53 Å². The molecule has 3 rings (SSSR count). The molecule has 0 spiro atoms. The molecule has 0 bridgehead atoms. The minimum absolute atomic E-state index is 0.176. The van der Waals surface area contributed by atoms with Gasteiger partial charge in [0, 0.05) is 6.42 Å². The Labute approximate surface area is 146 Å². The molecule has 3 aromatic rings. The first-order valence-corrected chi connectivity index (χ1v) is 8.15. The zero-order valence-corrected chi connectivity index (χ0v) is 14.0. The summed E-state index contributed by atoms with van der Waals surface area (Å²) >= 11 is 0. The number of hydrogen-bond donors (Lipinski definition) is 1. The highest BCUT2D eigenvalue weighted by molar-refractivity contribution is 5.94. The molecule has 0 radical (unpaired) electrons. The molecule has 0 unspecified atom stereocenters. The van der Waals surface area contributed by atoms with E-state index in [1.165, 1.54) is 22.9 Å². The minimum atomic E-state index is -0.458. The second kappa shape index (κ2) is 8.10. The average molecular weight is 336 g/mol. The highest BCUT2D eigenvalue weighted by Crippen LogP contribution is 2.25. The van der Waals surface area contributed by atoms with Crippen molar-refractivity contribution in [3.05, 3.63) is 72.8 Å². The van der Waals surface area contributed by atoms with Gasteiger partial charge in [0.25, 0.3) is 0 Å². The molecule has 128 valence electrons. The third-order valence-electron chi connectivity index (χ3n) is 3.85. The van der Waals surface area contributed by atoms with Gasteiger partial charge in [-0.3, -0.25) is 4.79 Å². The molecule has 1 N–H and O–H groups in total. The molecule has 1 heterocycles.